The Balaban J connectivity index is 1.54. The van der Waals surface area contributed by atoms with Gasteiger partial charge >= 0.3 is 5.97 Å². The molecule has 5 heteroatoms. The van der Waals surface area contributed by atoms with Crippen LogP contribution in [0, 0.1) is 0 Å². The van der Waals surface area contributed by atoms with Gasteiger partial charge in [0.2, 0.25) is 0 Å². The molecule has 0 amide bonds. The largest absolute Gasteiger partial charge is 0.489 e. The normalized spacial score (nSPS) is 11.1. The van der Waals surface area contributed by atoms with Gasteiger partial charge in [-0.2, -0.15) is 0 Å². The highest BCUT2D eigenvalue weighted by Crippen LogP contribution is 2.19. The summed E-state index contributed by atoms with van der Waals surface area (Å²) in [6.07, 6.45) is 1.78. The summed E-state index contributed by atoms with van der Waals surface area (Å²) in [5.74, 6) is 0.442. The highest BCUT2D eigenvalue weighted by atomic mass is 16.5. The molecule has 3 rings (SSSR count). The van der Waals surface area contributed by atoms with E-state index in [1.807, 2.05) is 54.6 Å². The van der Waals surface area contributed by atoms with Crippen molar-refractivity contribution in [1.82, 2.24) is 0 Å². The third kappa shape index (κ3) is 6.23. The third-order valence-electron chi connectivity index (χ3n) is 4.23. The molecule has 0 saturated carbocycles. The van der Waals surface area contributed by atoms with Gasteiger partial charge in [-0.05, 0) is 53.1 Å². The van der Waals surface area contributed by atoms with E-state index >= 15 is 0 Å². The molecule has 0 saturated heterocycles. The average Bonchev–Trinajstić information content (AvgIpc) is 2.77. The van der Waals surface area contributed by atoms with Crippen molar-refractivity contribution in [1.29, 1.82) is 0 Å². The van der Waals surface area contributed by atoms with Gasteiger partial charge < -0.3 is 19.7 Å². The number of carbonyl (C=O) groups is 1. The van der Waals surface area contributed by atoms with Gasteiger partial charge in [-0.3, -0.25) is 0 Å². The lowest BCUT2D eigenvalue weighted by Gasteiger charge is -2.10. The fourth-order valence-corrected chi connectivity index (χ4v) is 2.64. The smallest absolute Gasteiger partial charge is 0.335 e. The standard InChI is InChI=1S/C24H22O5/c25-15-20(14-18-6-8-21(9-7-18)24(26)27)17-29-23-12-10-22(11-13-23)28-16-19-4-2-1-3-5-19/h1-14,25H,15-17H2,(H,26,27)/b20-14+. The Morgan fingerprint density at radius 3 is 2.03 bits per heavy atom. The van der Waals surface area contributed by atoms with Crippen LogP contribution in [0.15, 0.2) is 84.4 Å². The number of aliphatic hydroxyl groups is 1. The molecule has 3 aromatic carbocycles. The van der Waals surface area contributed by atoms with E-state index in [-0.39, 0.29) is 18.8 Å². The molecule has 3 aromatic rings. The summed E-state index contributed by atoms with van der Waals surface area (Å²) in [5, 5.41) is 18.5. The number of aliphatic hydroxyl groups excluding tert-OH is 1. The molecule has 5 nitrogen and oxygen atoms in total. The van der Waals surface area contributed by atoms with Crippen LogP contribution in [0.5, 0.6) is 11.5 Å². The van der Waals surface area contributed by atoms with Crippen molar-refractivity contribution < 1.29 is 24.5 Å². The molecule has 2 N–H and O–H groups in total. The first-order chi connectivity index (χ1) is 14.1. The lowest BCUT2D eigenvalue weighted by atomic mass is 10.1. The number of carboxylic acid groups (broad SMARTS) is 1. The maximum absolute atomic E-state index is 10.9. The molecule has 0 unspecified atom stereocenters. The number of rotatable bonds is 9. The maximum Gasteiger partial charge on any atom is 0.335 e. The first-order valence-electron chi connectivity index (χ1n) is 9.17. The van der Waals surface area contributed by atoms with Crippen molar-refractivity contribution in [3.8, 4) is 11.5 Å². The molecule has 0 fully saturated rings. The fraction of sp³-hybridized carbons (Fsp3) is 0.125. The zero-order chi connectivity index (χ0) is 20.5. The predicted octanol–water partition coefficient (Wildman–Crippen LogP) is 4.42. The molecule has 0 radical (unpaired) electrons. The monoisotopic (exact) mass is 390 g/mol. The second-order valence-electron chi connectivity index (χ2n) is 6.42. The van der Waals surface area contributed by atoms with E-state index in [1.54, 1.807) is 18.2 Å². The van der Waals surface area contributed by atoms with Crippen LogP contribution < -0.4 is 9.47 Å². The number of carboxylic acids is 1. The zero-order valence-corrected chi connectivity index (χ0v) is 15.8. The summed E-state index contributed by atoms with van der Waals surface area (Å²) in [6.45, 7) is 0.569. The van der Waals surface area contributed by atoms with Crippen molar-refractivity contribution >= 4 is 12.0 Å². The Morgan fingerprint density at radius 2 is 1.45 bits per heavy atom. The lowest BCUT2D eigenvalue weighted by Crippen LogP contribution is -2.05. The van der Waals surface area contributed by atoms with Gasteiger partial charge in [0.05, 0.1) is 12.2 Å². The molecular weight excluding hydrogens is 368 g/mol. The Morgan fingerprint density at radius 1 is 0.828 bits per heavy atom. The van der Waals surface area contributed by atoms with E-state index < -0.39 is 5.97 Å². The molecule has 0 aliphatic rings. The average molecular weight is 390 g/mol. The van der Waals surface area contributed by atoms with Crippen LogP contribution in [0.2, 0.25) is 0 Å². The van der Waals surface area contributed by atoms with E-state index in [2.05, 4.69) is 0 Å². The molecule has 0 aromatic heterocycles. The van der Waals surface area contributed by atoms with Crippen molar-refractivity contribution in [2.24, 2.45) is 0 Å². The SMILES string of the molecule is O=C(O)c1ccc(/C=C(\CO)COc2ccc(OCc3ccccc3)cc2)cc1. The zero-order valence-electron chi connectivity index (χ0n) is 15.8. The topological polar surface area (TPSA) is 76.0 Å². The van der Waals surface area contributed by atoms with E-state index in [0.717, 1.165) is 16.9 Å². The summed E-state index contributed by atoms with van der Waals surface area (Å²) in [7, 11) is 0. The van der Waals surface area contributed by atoms with Gasteiger partial charge in [-0.25, -0.2) is 4.79 Å². The summed E-state index contributed by atoms with van der Waals surface area (Å²) < 4.78 is 11.5. The van der Waals surface area contributed by atoms with Crippen LogP contribution in [-0.2, 0) is 6.61 Å². The Hall–Kier alpha value is -3.57. The van der Waals surface area contributed by atoms with E-state index in [4.69, 9.17) is 14.6 Å². The van der Waals surface area contributed by atoms with E-state index in [1.165, 1.54) is 12.1 Å². The summed E-state index contributed by atoms with van der Waals surface area (Å²) in [4.78, 5) is 10.9. The van der Waals surface area contributed by atoms with Crippen LogP contribution in [0.1, 0.15) is 21.5 Å². The van der Waals surface area contributed by atoms with Crippen LogP contribution in [0.25, 0.3) is 6.08 Å². The van der Waals surface area contributed by atoms with Crippen molar-refractivity contribution in [2.75, 3.05) is 13.2 Å². The Labute approximate surface area is 169 Å². The van der Waals surface area contributed by atoms with Gasteiger partial charge in [-0.15, -0.1) is 0 Å². The molecule has 0 bridgehead atoms. The molecule has 29 heavy (non-hydrogen) atoms. The van der Waals surface area contributed by atoms with Gasteiger partial charge in [0.15, 0.2) is 0 Å². The van der Waals surface area contributed by atoms with Gasteiger partial charge in [-0.1, -0.05) is 48.5 Å². The maximum atomic E-state index is 10.9. The predicted molar refractivity (Wildman–Crippen MR) is 111 cm³/mol. The lowest BCUT2D eigenvalue weighted by molar-refractivity contribution is 0.0697. The number of hydrogen-bond donors (Lipinski definition) is 2. The van der Waals surface area contributed by atoms with Gasteiger partial charge in [0.1, 0.15) is 24.7 Å². The molecule has 0 aliphatic carbocycles. The molecule has 148 valence electrons. The second-order valence-corrected chi connectivity index (χ2v) is 6.42. The van der Waals surface area contributed by atoms with Crippen molar-refractivity contribution in [2.45, 2.75) is 6.61 Å². The number of ether oxygens (including phenoxy) is 2. The van der Waals surface area contributed by atoms with Crippen LogP contribution >= 0.6 is 0 Å². The molecule has 0 atom stereocenters. The number of benzene rings is 3. The first-order valence-corrected chi connectivity index (χ1v) is 9.17. The fourth-order valence-electron chi connectivity index (χ4n) is 2.64. The number of hydrogen-bond acceptors (Lipinski definition) is 4. The van der Waals surface area contributed by atoms with Crippen LogP contribution in [0.3, 0.4) is 0 Å². The Bertz CT molecular complexity index is 945. The van der Waals surface area contributed by atoms with Crippen molar-refractivity contribution in [3.05, 3.63) is 101 Å². The summed E-state index contributed by atoms with van der Waals surface area (Å²) >= 11 is 0. The minimum absolute atomic E-state index is 0.154. The molecule has 0 spiro atoms. The molecule has 0 heterocycles. The van der Waals surface area contributed by atoms with Gasteiger partial charge in [0, 0.05) is 0 Å². The van der Waals surface area contributed by atoms with Gasteiger partial charge in [0.25, 0.3) is 0 Å². The first kappa shape index (κ1) is 20.2. The summed E-state index contributed by atoms with van der Waals surface area (Å²) in [5.41, 5.74) is 2.80. The van der Waals surface area contributed by atoms with Crippen molar-refractivity contribution in [3.63, 3.8) is 0 Å². The number of aromatic carboxylic acids is 1. The third-order valence-corrected chi connectivity index (χ3v) is 4.23. The highest BCUT2D eigenvalue weighted by molar-refractivity contribution is 5.87. The molecule has 0 aliphatic heterocycles. The highest BCUT2D eigenvalue weighted by Gasteiger charge is 2.03. The van der Waals surface area contributed by atoms with Crippen LogP contribution in [-0.4, -0.2) is 29.4 Å². The van der Waals surface area contributed by atoms with E-state index in [0.29, 0.717) is 17.9 Å². The minimum Gasteiger partial charge on any atom is -0.489 e. The second kappa shape index (κ2) is 10.1. The summed E-state index contributed by atoms with van der Waals surface area (Å²) in [6, 6.07) is 23.7. The Kier molecular flexibility index (Phi) is 7.03. The van der Waals surface area contributed by atoms with E-state index in [9.17, 15) is 9.90 Å². The van der Waals surface area contributed by atoms with Crippen LogP contribution in [0.4, 0.5) is 0 Å². The quantitative estimate of drug-likeness (QED) is 0.566. The minimum atomic E-state index is -0.970. The molecular formula is C24H22O5.